The van der Waals surface area contributed by atoms with E-state index in [-0.39, 0.29) is 11.2 Å². The Hall–Kier alpha value is -1.11. The van der Waals surface area contributed by atoms with Crippen LogP contribution in [0.4, 0.5) is 0 Å². The highest BCUT2D eigenvalue weighted by Gasteiger charge is 2.51. The molecule has 0 radical (unpaired) electrons. The van der Waals surface area contributed by atoms with Crippen molar-refractivity contribution in [3.05, 3.63) is 18.3 Å². The Labute approximate surface area is 120 Å². The molecule has 1 fully saturated rings. The van der Waals surface area contributed by atoms with E-state index >= 15 is 0 Å². The summed E-state index contributed by atoms with van der Waals surface area (Å²) in [6.07, 6.45) is 1.70. The molecule has 0 spiro atoms. The molecule has 5 nitrogen and oxygen atoms in total. The van der Waals surface area contributed by atoms with Crippen LogP contribution in [-0.2, 0) is 14.0 Å². The van der Waals surface area contributed by atoms with Gasteiger partial charge in [-0.15, -0.1) is 0 Å². The molecular weight excluding hydrogens is 257 g/mol. The van der Waals surface area contributed by atoms with Gasteiger partial charge in [-0.25, -0.2) is 4.98 Å². The lowest BCUT2D eigenvalue weighted by molar-refractivity contribution is 0.00578. The van der Waals surface area contributed by atoms with Crippen molar-refractivity contribution in [3.8, 4) is 5.88 Å². The van der Waals surface area contributed by atoms with E-state index in [4.69, 9.17) is 18.8 Å². The fourth-order valence-electron chi connectivity index (χ4n) is 1.86. The van der Waals surface area contributed by atoms with Gasteiger partial charge in [0, 0.05) is 19.4 Å². The zero-order valence-corrected chi connectivity index (χ0v) is 12.8. The van der Waals surface area contributed by atoms with Gasteiger partial charge in [-0.3, -0.25) is 0 Å². The highest BCUT2D eigenvalue weighted by molar-refractivity contribution is 6.62. The van der Waals surface area contributed by atoms with Crippen molar-refractivity contribution in [2.24, 2.45) is 0 Å². The smallest absolute Gasteiger partial charge is 0.475 e. The molecule has 0 aliphatic carbocycles. The minimum absolute atomic E-state index is 0.349. The minimum Gasteiger partial charge on any atom is -0.475 e. The molecule has 1 aliphatic heterocycles. The number of nitrogens with zero attached hydrogens (tertiary/aromatic N) is 1. The lowest BCUT2D eigenvalue weighted by Crippen LogP contribution is -2.41. The molecule has 110 valence electrons. The van der Waals surface area contributed by atoms with Crippen molar-refractivity contribution in [2.45, 2.75) is 38.9 Å². The summed E-state index contributed by atoms with van der Waals surface area (Å²) in [4.78, 5) is 4.17. The standard InChI is InChI=1S/C14H22BNO4/c1-13(2)14(3,4)20-15(19-13)11-6-7-16-12(10-11)18-9-8-17-5/h6-7,10H,8-9H2,1-5H3. The summed E-state index contributed by atoms with van der Waals surface area (Å²) >= 11 is 0. The monoisotopic (exact) mass is 279 g/mol. The molecule has 1 aliphatic rings. The zero-order valence-electron chi connectivity index (χ0n) is 12.8. The summed E-state index contributed by atoms with van der Waals surface area (Å²) < 4.78 is 22.5. The van der Waals surface area contributed by atoms with Crippen LogP contribution < -0.4 is 10.2 Å². The van der Waals surface area contributed by atoms with Gasteiger partial charge in [-0.1, -0.05) is 0 Å². The van der Waals surface area contributed by atoms with Crippen molar-refractivity contribution in [2.75, 3.05) is 20.3 Å². The first-order chi connectivity index (χ1) is 9.36. The number of hydrogen-bond acceptors (Lipinski definition) is 5. The normalized spacial score (nSPS) is 20.1. The molecule has 0 saturated carbocycles. The first kappa shape index (κ1) is 15.3. The van der Waals surface area contributed by atoms with E-state index in [1.807, 2.05) is 39.8 Å². The van der Waals surface area contributed by atoms with Gasteiger partial charge in [0.15, 0.2) is 0 Å². The second kappa shape index (κ2) is 5.72. The first-order valence-corrected chi connectivity index (χ1v) is 6.79. The van der Waals surface area contributed by atoms with Gasteiger partial charge < -0.3 is 18.8 Å². The van der Waals surface area contributed by atoms with Gasteiger partial charge >= 0.3 is 7.12 Å². The van der Waals surface area contributed by atoms with Crippen molar-refractivity contribution < 1.29 is 18.8 Å². The second-order valence-corrected chi connectivity index (χ2v) is 5.86. The molecule has 1 saturated heterocycles. The average Bonchev–Trinajstić information content (AvgIpc) is 2.59. The highest BCUT2D eigenvalue weighted by Crippen LogP contribution is 2.36. The molecule has 0 bridgehead atoms. The third kappa shape index (κ3) is 3.14. The average molecular weight is 279 g/mol. The molecule has 0 amide bonds. The van der Waals surface area contributed by atoms with Gasteiger partial charge in [0.05, 0.1) is 17.8 Å². The van der Waals surface area contributed by atoms with E-state index in [1.54, 1.807) is 13.3 Å². The van der Waals surface area contributed by atoms with Crippen LogP contribution in [0.5, 0.6) is 5.88 Å². The van der Waals surface area contributed by atoms with Crippen LogP contribution in [0.25, 0.3) is 0 Å². The van der Waals surface area contributed by atoms with Gasteiger partial charge in [-0.05, 0) is 39.2 Å². The summed E-state index contributed by atoms with van der Waals surface area (Å²) in [5.41, 5.74) is 0.210. The lowest BCUT2D eigenvalue weighted by Gasteiger charge is -2.32. The zero-order chi connectivity index (χ0) is 14.8. The number of pyridine rings is 1. The van der Waals surface area contributed by atoms with Crippen LogP contribution in [0.3, 0.4) is 0 Å². The Morgan fingerprint density at radius 2 is 1.80 bits per heavy atom. The first-order valence-electron chi connectivity index (χ1n) is 6.79. The number of rotatable bonds is 5. The summed E-state index contributed by atoms with van der Waals surface area (Å²) in [5.74, 6) is 0.550. The molecule has 6 heteroatoms. The van der Waals surface area contributed by atoms with E-state index in [9.17, 15) is 0 Å². The Balaban J connectivity index is 2.09. The number of methoxy groups -OCH3 is 1. The van der Waals surface area contributed by atoms with E-state index in [1.165, 1.54) is 0 Å². The molecule has 20 heavy (non-hydrogen) atoms. The van der Waals surface area contributed by atoms with E-state index in [0.717, 1.165) is 5.46 Å². The maximum Gasteiger partial charge on any atom is 0.495 e. The molecule has 0 unspecified atom stereocenters. The summed E-state index contributed by atoms with van der Waals surface area (Å²) in [6, 6.07) is 3.73. The molecular formula is C14H22BNO4. The fourth-order valence-corrected chi connectivity index (χ4v) is 1.86. The van der Waals surface area contributed by atoms with Gasteiger partial charge in [0.2, 0.25) is 5.88 Å². The van der Waals surface area contributed by atoms with E-state index in [2.05, 4.69) is 4.98 Å². The Morgan fingerprint density at radius 1 is 1.15 bits per heavy atom. The van der Waals surface area contributed by atoms with Crippen molar-refractivity contribution in [1.82, 2.24) is 4.98 Å². The third-order valence-electron chi connectivity index (χ3n) is 3.82. The topological polar surface area (TPSA) is 49.8 Å². The van der Waals surface area contributed by atoms with Crippen LogP contribution in [0.15, 0.2) is 18.3 Å². The van der Waals surface area contributed by atoms with E-state index < -0.39 is 7.12 Å². The molecule has 0 N–H and O–H groups in total. The minimum atomic E-state index is -0.396. The van der Waals surface area contributed by atoms with E-state index in [0.29, 0.717) is 19.1 Å². The Bertz CT molecular complexity index is 448. The maximum absolute atomic E-state index is 6.00. The number of hydrogen-bond donors (Lipinski definition) is 0. The summed E-state index contributed by atoms with van der Waals surface area (Å²) in [5, 5.41) is 0. The van der Waals surface area contributed by atoms with Crippen LogP contribution in [0.1, 0.15) is 27.7 Å². The van der Waals surface area contributed by atoms with Crippen LogP contribution in [0, 0.1) is 0 Å². The Morgan fingerprint density at radius 3 is 2.40 bits per heavy atom. The van der Waals surface area contributed by atoms with Crippen molar-refractivity contribution in [1.29, 1.82) is 0 Å². The Kier molecular flexibility index (Phi) is 4.37. The molecule has 2 rings (SSSR count). The molecule has 1 aromatic rings. The lowest BCUT2D eigenvalue weighted by atomic mass is 9.80. The van der Waals surface area contributed by atoms with Crippen LogP contribution in [0.2, 0.25) is 0 Å². The van der Waals surface area contributed by atoms with Crippen LogP contribution in [-0.4, -0.2) is 43.6 Å². The van der Waals surface area contributed by atoms with Gasteiger partial charge in [0.25, 0.3) is 0 Å². The second-order valence-electron chi connectivity index (χ2n) is 5.86. The van der Waals surface area contributed by atoms with Crippen LogP contribution >= 0.6 is 0 Å². The van der Waals surface area contributed by atoms with Gasteiger partial charge in [0.1, 0.15) is 6.61 Å². The predicted molar refractivity (Wildman–Crippen MR) is 77.3 cm³/mol. The molecule has 2 heterocycles. The highest BCUT2D eigenvalue weighted by atomic mass is 16.7. The summed E-state index contributed by atoms with van der Waals surface area (Å²) in [7, 11) is 1.24. The number of ether oxygens (including phenoxy) is 2. The van der Waals surface area contributed by atoms with Crippen molar-refractivity contribution in [3.63, 3.8) is 0 Å². The maximum atomic E-state index is 6.00. The molecule has 0 atom stereocenters. The molecule has 0 aromatic carbocycles. The van der Waals surface area contributed by atoms with Crippen molar-refractivity contribution >= 4 is 12.6 Å². The SMILES string of the molecule is COCCOc1cc(B2OC(C)(C)C(C)(C)O2)ccn1. The number of aromatic nitrogens is 1. The molecule has 1 aromatic heterocycles. The van der Waals surface area contributed by atoms with Gasteiger partial charge in [-0.2, -0.15) is 0 Å². The summed E-state index contributed by atoms with van der Waals surface area (Å²) in [6.45, 7) is 9.13. The largest absolute Gasteiger partial charge is 0.495 e. The quantitative estimate of drug-likeness (QED) is 0.602. The predicted octanol–water partition coefficient (Wildman–Crippen LogP) is 1.41. The third-order valence-corrected chi connectivity index (χ3v) is 3.82. The fraction of sp³-hybridized carbons (Fsp3) is 0.643.